The molecule has 1 aromatic heterocycles. The Balaban J connectivity index is 2.59. The molecule has 84 valence electrons. The second kappa shape index (κ2) is 6.13. The van der Waals surface area contributed by atoms with Crippen molar-refractivity contribution in [3.8, 4) is 0 Å². The van der Waals surface area contributed by atoms with E-state index in [0.29, 0.717) is 5.16 Å². The van der Waals surface area contributed by atoms with Crippen LogP contribution in [0.3, 0.4) is 0 Å². The van der Waals surface area contributed by atoms with Crippen LogP contribution in [0.5, 0.6) is 0 Å². The van der Waals surface area contributed by atoms with Crippen LogP contribution < -0.4 is 0 Å². The van der Waals surface area contributed by atoms with Crippen LogP contribution in [0.4, 0.5) is 0 Å². The highest BCUT2D eigenvalue weighted by Gasteiger charge is 2.23. The minimum atomic E-state index is -0.572. The average Bonchev–Trinajstić information content (AvgIpc) is 2.48. The van der Waals surface area contributed by atoms with Crippen LogP contribution >= 0.6 is 79.5 Å². The second-order valence-electron chi connectivity index (χ2n) is 2.24. The van der Waals surface area contributed by atoms with Gasteiger partial charge in [-0.1, -0.05) is 11.8 Å². The van der Waals surface area contributed by atoms with Crippen molar-refractivity contribution >= 4 is 85.5 Å². The topological polar surface area (TPSA) is 69.9 Å². The highest BCUT2D eigenvalue weighted by Crippen LogP contribution is 2.36. The van der Waals surface area contributed by atoms with Crippen LogP contribution in [-0.4, -0.2) is 32.1 Å². The molecule has 15 heavy (non-hydrogen) atoms. The molecule has 0 amide bonds. The Morgan fingerprint density at radius 3 is 2.80 bits per heavy atom. The Kier molecular flexibility index (Phi) is 5.78. The molecule has 0 radical (unpaired) electrons. The summed E-state index contributed by atoms with van der Waals surface area (Å²) >= 11 is 7.42. The summed E-state index contributed by atoms with van der Waals surface area (Å²) in [6, 6.07) is 0. The summed E-state index contributed by atoms with van der Waals surface area (Å²) in [7, 11) is 0. The molecule has 0 bridgehead atoms. The predicted molar refractivity (Wildman–Crippen MR) is 80.5 cm³/mol. The summed E-state index contributed by atoms with van der Waals surface area (Å²) < 4.78 is 5.94. The smallest absolute Gasteiger partial charge is 0.330 e. The van der Waals surface area contributed by atoms with Gasteiger partial charge in [-0.15, -0.1) is 5.10 Å². The number of carbonyl (C=O) groups excluding carboxylic acids is 1. The van der Waals surface area contributed by atoms with Gasteiger partial charge in [-0.2, -0.15) is 0 Å². The normalized spacial score (nSPS) is 11.5. The lowest BCUT2D eigenvalue weighted by molar-refractivity contribution is -0.143. The number of halogens is 3. The highest BCUT2D eigenvalue weighted by atomic mass is 127. The monoisotopic (exact) mass is 566 g/mol. The molecule has 0 aliphatic heterocycles. The highest BCUT2D eigenvalue weighted by molar-refractivity contribution is 14.3. The summed E-state index contributed by atoms with van der Waals surface area (Å²) in [5.74, 6) is -0.365. The maximum Gasteiger partial charge on any atom is 0.330 e. The second-order valence-corrected chi connectivity index (χ2v) is 13.8. The minimum Gasteiger partial charge on any atom is -0.428 e. The van der Waals surface area contributed by atoms with Gasteiger partial charge in [0.15, 0.2) is 0 Å². The van der Waals surface area contributed by atoms with Crippen LogP contribution in [0.1, 0.15) is 0 Å². The molecule has 0 aliphatic rings. The number of carbonyl (C=O) groups is 1. The molecule has 0 fully saturated rings. The summed E-state index contributed by atoms with van der Waals surface area (Å²) in [5.41, 5.74) is 0. The zero-order chi connectivity index (χ0) is 11.5. The van der Waals surface area contributed by atoms with E-state index in [1.807, 2.05) is 74.0 Å². The van der Waals surface area contributed by atoms with E-state index in [4.69, 9.17) is 4.74 Å². The molecule has 1 aromatic rings. The molecular formula is C5H5I3N4O2S. The summed E-state index contributed by atoms with van der Waals surface area (Å²) in [6.45, 7) is 0.0277. The molecule has 0 N–H and O–H groups in total. The lowest BCUT2D eigenvalue weighted by atomic mass is 10.7. The standard InChI is InChI=1S/C5H5I3N4O2S/c1-15-4-9-10-11-12(4)2-3(13)14-5(6,7)8/h2H2,1H3. The van der Waals surface area contributed by atoms with E-state index in [2.05, 4.69) is 15.5 Å². The van der Waals surface area contributed by atoms with Crippen LogP contribution in [0.25, 0.3) is 0 Å². The van der Waals surface area contributed by atoms with Crippen molar-refractivity contribution in [3.05, 3.63) is 0 Å². The third kappa shape index (κ3) is 5.29. The Hall–Kier alpha value is 1.08. The molecular weight excluding hydrogens is 561 g/mol. The van der Waals surface area contributed by atoms with Crippen molar-refractivity contribution in [2.24, 2.45) is 0 Å². The fraction of sp³-hybridized carbons (Fsp3) is 0.600. The van der Waals surface area contributed by atoms with Crippen molar-refractivity contribution in [1.29, 1.82) is 0 Å². The zero-order valence-corrected chi connectivity index (χ0v) is 14.6. The van der Waals surface area contributed by atoms with Gasteiger partial charge in [0.1, 0.15) is 6.54 Å². The lowest BCUT2D eigenvalue weighted by Crippen LogP contribution is -2.20. The van der Waals surface area contributed by atoms with Crippen LogP contribution in [0.2, 0.25) is 0 Å². The van der Waals surface area contributed by atoms with Crippen molar-refractivity contribution in [3.63, 3.8) is 0 Å². The average molecular weight is 566 g/mol. The van der Waals surface area contributed by atoms with Gasteiger partial charge in [0, 0.05) is 0 Å². The molecule has 0 aromatic carbocycles. The first-order valence-electron chi connectivity index (χ1n) is 3.51. The predicted octanol–water partition coefficient (Wildman–Crippen LogP) is 1.85. The molecule has 0 atom stereocenters. The van der Waals surface area contributed by atoms with E-state index in [1.165, 1.54) is 16.4 Å². The van der Waals surface area contributed by atoms with Crippen molar-refractivity contribution in [2.45, 2.75) is 11.3 Å². The van der Waals surface area contributed by atoms with Gasteiger partial charge in [-0.25, -0.2) is 9.48 Å². The molecule has 0 aliphatic carbocycles. The van der Waals surface area contributed by atoms with E-state index < -0.39 is -0.379 Å². The number of rotatable bonds is 4. The molecule has 10 heteroatoms. The Morgan fingerprint density at radius 1 is 1.60 bits per heavy atom. The Bertz CT molecular complexity index is 352. The first-order valence-corrected chi connectivity index (χ1v) is 7.97. The molecule has 1 heterocycles. The quantitative estimate of drug-likeness (QED) is 0.240. The van der Waals surface area contributed by atoms with Crippen molar-refractivity contribution < 1.29 is 9.53 Å². The van der Waals surface area contributed by atoms with Crippen molar-refractivity contribution in [1.82, 2.24) is 20.2 Å². The number of hydrogen-bond donors (Lipinski definition) is 0. The number of aromatic nitrogens is 4. The molecule has 0 saturated carbocycles. The largest absolute Gasteiger partial charge is 0.428 e. The van der Waals surface area contributed by atoms with E-state index in [1.54, 1.807) is 0 Å². The van der Waals surface area contributed by atoms with Crippen LogP contribution in [-0.2, 0) is 16.1 Å². The van der Waals surface area contributed by atoms with Gasteiger partial charge in [-0.05, 0) is 84.5 Å². The third-order valence-corrected chi connectivity index (χ3v) is 2.51. The zero-order valence-electron chi connectivity index (χ0n) is 7.35. The Labute approximate surface area is 131 Å². The number of tetrazole rings is 1. The fourth-order valence-electron chi connectivity index (χ4n) is 0.726. The van der Waals surface area contributed by atoms with Gasteiger partial charge in [0.25, 0.3) is -0.379 Å². The van der Waals surface area contributed by atoms with Gasteiger partial charge in [-0.3, -0.25) is 0 Å². The minimum absolute atomic E-state index is 0.0277. The van der Waals surface area contributed by atoms with E-state index in [-0.39, 0.29) is 12.5 Å². The Morgan fingerprint density at radius 2 is 2.27 bits per heavy atom. The number of esters is 1. The van der Waals surface area contributed by atoms with E-state index in [9.17, 15) is 4.79 Å². The van der Waals surface area contributed by atoms with Gasteiger partial charge in [0.05, 0.1) is 0 Å². The number of thioether (sulfide) groups is 1. The van der Waals surface area contributed by atoms with Crippen molar-refractivity contribution in [2.75, 3.05) is 6.26 Å². The van der Waals surface area contributed by atoms with Crippen LogP contribution in [0, 0.1) is 0 Å². The van der Waals surface area contributed by atoms with Gasteiger partial charge >= 0.3 is 5.97 Å². The summed E-state index contributed by atoms with van der Waals surface area (Å²) in [4.78, 5) is 11.4. The first-order chi connectivity index (χ1) is 6.92. The molecule has 1 rings (SSSR count). The maximum absolute atomic E-state index is 11.4. The summed E-state index contributed by atoms with van der Waals surface area (Å²) in [5, 5.41) is 11.5. The molecule has 0 spiro atoms. The van der Waals surface area contributed by atoms with Gasteiger partial charge < -0.3 is 4.74 Å². The number of ether oxygens (including phenoxy) is 1. The van der Waals surface area contributed by atoms with E-state index >= 15 is 0 Å². The maximum atomic E-state index is 11.4. The molecule has 0 unspecified atom stereocenters. The fourth-order valence-corrected chi connectivity index (χ4v) is 1.89. The summed E-state index contributed by atoms with van der Waals surface area (Å²) in [6.07, 6.45) is 1.84. The van der Waals surface area contributed by atoms with E-state index in [0.717, 1.165) is 0 Å². The number of alkyl halides is 3. The first kappa shape index (κ1) is 14.1. The number of nitrogens with zero attached hydrogens (tertiary/aromatic N) is 4. The van der Waals surface area contributed by atoms with Crippen LogP contribution in [0.15, 0.2) is 5.16 Å². The SMILES string of the molecule is CSc1nnnn1CC(=O)OC(I)(I)I. The molecule has 0 saturated heterocycles. The number of hydrogen-bond acceptors (Lipinski definition) is 6. The third-order valence-electron chi connectivity index (χ3n) is 1.19. The lowest BCUT2D eigenvalue weighted by Gasteiger charge is -2.13. The molecule has 6 nitrogen and oxygen atoms in total. The van der Waals surface area contributed by atoms with Gasteiger partial charge in [0.2, 0.25) is 5.16 Å².